The minimum Gasteiger partial charge on any atom is -0.482 e. The third kappa shape index (κ3) is 3.18. The molecule has 3 rings (SSSR count). The lowest BCUT2D eigenvalue weighted by Crippen LogP contribution is -2.44. The second-order valence-electron chi connectivity index (χ2n) is 6.03. The summed E-state index contributed by atoms with van der Waals surface area (Å²) in [5.41, 5.74) is 2.06. The molecule has 0 bridgehead atoms. The number of likely N-dealkylation sites (N-methyl/N-ethyl adjacent to an activating group) is 1. The van der Waals surface area contributed by atoms with Crippen LogP contribution in [0.2, 0.25) is 0 Å². The van der Waals surface area contributed by atoms with E-state index in [9.17, 15) is 4.79 Å². The molecule has 1 aromatic carbocycles. The Morgan fingerprint density at radius 1 is 1.27 bits per heavy atom. The van der Waals surface area contributed by atoms with Crippen molar-refractivity contribution in [2.45, 2.75) is 0 Å². The van der Waals surface area contributed by atoms with Crippen molar-refractivity contribution in [2.24, 2.45) is 0 Å². The van der Waals surface area contributed by atoms with E-state index in [-0.39, 0.29) is 12.5 Å². The van der Waals surface area contributed by atoms with Crippen LogP contribution in [-0.4, -0.2) is 70.8 Å². The van der Waals surface area contributed by atoms with E-state index < -0.39 is 0 Å². The van der Waals surface area contributed by atoms with Gasteiger partial charge in [-0.2, -0.15) is 0 Å². The van der Waals surface area contributed by atoms with Crippen molar-refractivity contribution in [1.29, 1.82) is 0 Å². The monoisotopic (exact) mass is 304 g/mol. The molecule has 0 atom stereocenters. The van der Waals surface area contributed by atoms with Gasteiger partial charge in [0.25, 0.3) is 5.91 Å². The zero-order valence-electron chi connectivity index (χ0n) is 13.3. The number of piperazine rings is 1. The van der Waals surface area contributed by atoms with Gasteiger partial charge in [-0.15, -0.1) is 0 Å². The van der Waals surface area contributed by atoms with Gasteiger partial charge in [-0.1, -0.05) is 0 Å². The number of nitrogens with zero attached hydrogens (tertiary/aromatic N) is 3. The molecular weight excluding hydrogens is 280 g/mol. The molecule has 0 aromatic heterocycles. The highest BCUT2D eigenvalue weighted by molar-refractivity contribution is 5.98. The summed E-state index contributed by atoms with van der Waals surface area (Å²) in [6, 6.07) is 6.17. The average Bonchev–Trinajstić information content (AvgIpc) is 2.54. The highest BCUT2D eigenvalue weighted by Crippen LogP contribution is 2.35. The largest absolute Gasteiger partial charge is 0.482 e. The van der Waals surface area contributed by atoms with Crippen molar-refractivity contribution in [3.05, 3.63) is 18.2 Å². The van der Waals surface area contributed by atoms with E-state index in [2.05, 4.69) is 27.2 Å². The third-order valence-corrected chi connectivity index (χ3v) is 4.14. The number of carbonyl (C=O) groups excluding carboxylic acids is 1. The first kappa shape index (κ1) is 15.1. The molecule has 6 nitrogen and oxygen atoms in total. The van der Waals surface area contributed by atoms with Gasteiger partial charge in [0, 0.05) is 45.0 Å². The molecule has 1 fully saturated rings. The first-order valence-corrected chi connectivity index (χ1v) is 7.83. The molecule has 1 amide bonds. The van der Waals surface area contributed by atoms with Gasteiger partial charge in [-0.25, -0.2) is 0 Å². The van der Waals surface area contributed by atoms with Gasteiger partial charge < -0.3 is 24.8 Å². The molecule has 0 spiro atoms. The fraction of sp³-hybridized carbons (Fsp3) is 0.562. The first-order chi connectivity index (χ1) is 10.6. The number of rotatable bonds is 4. The van der Waals surface area contributed by atoms with Gasteiger partial charge in [0.2, 0.25) is 0 Å². The van der Waals surface area contributed by atoms with E-state index in [4.69, 9.17) is 4.74 Å². The summed E-state index contributed by atoms with van der Waals surface area (Å²) in [7, 11) is 4.03. The number of benzene rings is 1. The summed E-state index contributed by atoms with van der Waals surface area (Å²) in [6.07, 6.45) is 0. The first-order valence-electron chi connectivity index (χ1n) is 7.83. The predicted octanol–water partition coefficient (Wildman–Crippen LogP) is 0.383. The van der Waals surface area contributed by atoms with Crippen molar-refractivity contribution < 1.29 is 9.53 Å². The van der Waals surface area contributed by atoms with Gasteiger partial charge in [-0.3, -0.25) is 4.79 Å². The Labute approximate surface area is 131 Å². The molecule has 1 aromatic rings. The molecule has 120 valence electrons. The standard InChI is InChI=1S/C16H24N4O2/c1-18(2)9-10-20-14-11-13(19-7-5-17-6-8-19)3-4-15(14)22-12-16(20)21/h3-4,11,17H,5-10,12H2,1-2H3. The van der Waals surface area contributed by atoms with Gasteiger partial charge in [0.15, 0.2) is 6.61 Å². The Balaban J connectivity index is 1.85. The summed E-state index contributed by atoms with van der Waals surface area (Å²) in [5, 5.41) is 3.36. The second kappa shape index (κ2) is 6.54. The van der Waals surface area contributed by atoms with Gasteiger partial charge in [0.1, 0.15) is 5.75 Å². The quantitative estimate of drug-likeness (QED) is 0.872. The minimum atomic E-state index is 0.0341. The number of hydrogen-bond acceptors (Lipinski definition) is 5. The van der Waals surface area contributed by atoms with Crippen LogP contribution in [0.5, 0.6) is 5.75 Å². The van der Waals surface area contributed by atoms with Crippen molar-refractivity contribution in [3.63, 3.8) is 0 Å². The molecule has 2 aliphatic rings. The van der Waals surface area contributed by atoms with Crippen LogP contribution in [0.25, 0.3) is 0 Å². The van der Waals surface area contributed by atoms with Crippen LogP contribution in [0.1, 0.15) is 0 Å². The number of anilines is 2. The molecule has 2 heterocycles. The Bertz CT molecular complexity index is 541. The van der Waals surface area contributed by atoms with Gasteiger partial charge >= 0.3 is 0 Å². The number of ether oxygens (including phenoxy) is 1. The summed E-state index contributed by atoms with van der Waals surface area (Å²) in [4.78, 5) is 18.5. The van der Waals surface area contributed by atoms with Crippen molar-refractivity contribution >= 4 is 17.3 Å². The van der Waals surface area contributed by atoms with Crippen molar-refractivity contribution in [2.75, 3.05) is 69.8 Å². The molecule has 0 unspecified atom stereocenters. The summed E-state index contributed by atoms with van der Waals surface area (Å²) < 4.78 is 5.58. The Kier molecular flexibility index (Phi) is 4.49. The molecule has 1 saturated heterocycles. The molecule has 22 heavy (non-hydrogen) atoms. The number of hydrogen-bond donors (Lipinski definition) is 1. The summed E-state index contributed by atoms with van der Waals surface area (Å²) >= 11 is 0. The molecule has 1 N–H and O–H groups in total. The third-order valence-electron chi connectivity index (χ3n) is 4.14. The highest BCUT2D eigenvalue weighted by atomic mass is 16.5. The van der Waals surface area contributed by atoms with Crippen LogP contribution >= 0.6 is 0 Å². The molecule has 6 heteroatoms. The van der Waals surface area contributed by atoms with Crippen molar-refractivity contribution in [1.82, 2.24) is 10.2 Å². The van der Waals surface area contributed by atoms with Gasteiger partial charge in [-0.05, 0) is 32.3 Å². The van der Waals surface area contributed by atoms with E-state index >= 15 is 0 Å². The molecule has 0 radical (unpaired) electrons. The number of amides is 1. The fourth-order valence-electron chi connectivity index (χ4n) is 2.86. The Morgan fingerprint density at radius 3 is 2.77 bits per heavy atom. The van der Waals surface area contributed by atoms with Crippen molar-refractivity contribution in [3.8, 4) is 5.75 Å². The lowest BCUT2D eigenvalue weighted by Gasteiger charge is -2.33. The minimum absolute atomic E-state index is 0.0341. The summed E-state index contributed by atoms with van der Waals surface area (Å²) in [5.74, 6) is 0.837. The zero-order valence-corrected chi connectivity index (χ0v) is 13.3. The predicted molar refractivity (Wildman–Crippen MR) is 87.9 cm³/mol. The van der Waals surface area contributed by atoms with E-state index in [0.717, 1.165) is 49.8 Å². The van der Waals surface area contributed by atoms with Crippen LogP contribution in [0, 0.1) is 0 Å². The zero-order chi connectivity index (χ0) is 15.5. The molecule has 0 saturated carbocycles. The van der Waals surface area contributed by atoms with Crippen LogP contribution in [0.4, 0.5) is 11.4 Å². The molecule has 0 aliphatic carbocycles. The lowest BCUT2D eigenvalue weighted by atomic mass is 10.1. The van der Waals surface area contributed by atoms with Crippen LogP contribution < -0.4 is 19.9 Å². The van der Waals surface area contributed by atoms with Crippen LogP contribution in [0.3, 0.4) is 0 Å². The second-order valence-corrected chi connectivity index (χ2v) is 6.03. The maximum Gasteiger partial charge on any atom is 0.265 e. The smallest absolute Gasteiger partial charge is 0.265 e. The van der Waals surface area contributed by atoms with E-state index in [1.807, 2.05) is 25.1 Å². The summed E-state index contributed by atoms with van der Waals surface area (Å²) in [6.45, 7) is 5.63. The van der Waals surface area contributed by atoms with E-state index in [0.29, 0.717) is 6.54 Å². The van der Waals surface area contributed by atoms with Crippen LogP contribution in [-0.2, 0) is 4.79 Å². The van der Waals surface area contributed by atoms with Crippen LogP contribution in [0.15, 0.2) is 18.2 Å². The average molecular weight is 304 g/mol. The maximum absolute atomic E-state index is 12.2. The SMILES string of the molecule is CN(C)CCN1C(=O)COc2ccc(N3CCNCC3)cc21. The maximum atomic E-state index is 12.2. The van der Waals surface area contributed by atoms with Gasteiger partial charge in [0.05, 0.1) is 5.69 Å². The molecular formula is C16H24N4O2. The topological polar surface area (TPSA) is 48.1 Å². The number of nitrogens with one attached hydrogen (secondary N) is 1. The normalized spacial score (nSPS) is 18.4. The number of carbonyl (C=O) groups is 1. The highest BCUT2D eigenvalue weighted by Gasteiger charge is 2.26. The Morgan fingerprint density at radius 2 is 2.05 bits per heavy atom. The molecule has 2 aliphatic heterocycles. The fourth-order valence-corrected chi connectivity index (χ4v) is 2.86. The van der Waals surface area contributed by atoms with E-state index in [1.54, 1.807) is 0 Å². The number of fused-ring (bicyclic) bond motifs is 1. The lowest BCUT2D eigenvalue weighted by molar-refractivity contribution is -0.121. The van der Waals surface area contributed by atoms with E-state index in [1.165, 1.54) is 0 Å². The Hall–Kier alpha value is -1.79.